The number of nitrogens with one attached hydrogen (secondary N) is 1. The van der Waals surface area contributed by atoms with E-state index in [9.17, 15) is 18.0 Å². The second kappa shape index (κ2) is 10.5. The molecule has 1 aliphatic rings. The van der Waals surface area contributed by atoms with Crippen molar-refractivity contribution in [2.75, 3.05) is 36.1 Å². The molecule has 4 rings (SSSR count). The Kier molecular flexibility index (Phi) is 7.42. The molecule has 0 bridgehead atoms. The van der Waals surface area contributed by atoms with E-state index in [4.69, 9.17) is 9.47 Å². The summed E-state index contributed by atoms with van der Waals surface area (Å²) in [5.41, 5.74) is 0.324. The third-order valence-electron chi connectivity index (χ3n) is 4.85. The van der Waals surface area contributed by atoms with E-state index in [1.54, 1.807) is 36.4 Å². The van der Waals surface area contributed by atoms with Gasteiger partial charge in [0.25, 0.3) is 15.9 Å². The van der Waals surface area contributed by atoms with Gasteiger partial charge in [-0.25, -0.2) is 8.42 Å². The number of fused-ring (bicyclic) bond motifs is 1. The van der Waals surface area contributed by atoms with Crippen molar-refractivity contribution in [3.8, 4) is 11.5 Å². The highest BCUT2D eigenvalue weighted by molar-refractivity contribution is 8.01. The molecule has 1 unspecified atom stereocenters. The van der Waals surface area contributed by atoms with Gasteiger partial charge in [0.05, 0.1) is 37.1 Å². The highest BCUT2D eigenvalue weighted by Gasteiger charge is 2.37. The van der Waals surface area contributed by atoms with Gasteiger partial charge >= 0.3 is 5.97 Å². The largest absolute Gasteiger partial charge is 0.497 e. The minimum absolute atomic E-state index is 0.0468. The van der Waals surface area contributed by atoms with Crippen LogP contribution >= 0.6 is 23.1 Å². The molecule has 1 aliphatic heterocycles. The van der Waals surface area contributed by atoms with Crippen molar-refractivity contribution in [2.45, 2.75) is 15.3 Å². The molecule has 2 heterocycles. The van der Waals surface area contributed by atoms with E-state index in [1.807, 2.05) is 0 Å². The van der Waals surface area contributed by atoms with E-state index in [0.29, 0.717) is 15.8 Å². The van der Waals surface area contributed by atoms with E-state index < -0.39 is 28.0 Å². The number of methoxy groups -OCH3 is 2. The number of amides is 1. The number of aromatic nitrogens is 2. The maximum atomic E-state index is 13.5. The Morgan fingerprint density at radius 1 is 1.17 bits per heavy atom. The Morgan fingerprint density at radius 2 is 1.91 bits per heavy atom. The fraction of sp³-hybridized carbons (Fsp3) is 0.238. The average Bonchev–Trinajstić information content (AvgIpc) is 3.33. The molecule has 1 amide bonds. The van der Waals surface area contributed by atoms with Gasteiger partial charge in [-0.3, -0.25) is 19.2 Å². The minimum atomic E-state index is -4.01. The number of ether oxygens (including phenoxy) is 3. The quantitative estimate of drug-likeness (QED) is 0.260. The Morgan fingerprint density at radius 3 is 2.63 bits per heavy atom. The van der Waals surface area contributed by atoms with Crippen molar-refractivity contribution in [3.05, 3.63) is 48.5 Å². The van der Waals surface area contributed by atoms with Crippen molar-refractivity contribution in [1.82, 2.24) is 10.2 Å². The molecule has 0 saturated heterocycles. The lowest BCUT2D eigenvalue weighted by molar-refractivity contribution is -0.137. The number of hydrogen-bond donors (Lipinski definition) is 1. The average molecular weight is 537 g/mol. The first-order chi connectivity index (χ1) is 16.8. The number of rotatable bonds is 8. The Hall–Kier alpha value is -3.36. The molecule has 14 heteroatoms. The first kappa shape index (κ1) is 24.8. The van der Waals surface area contributed by atoms with Crippen LogP contribution < -0.4 is 19.1 Å². The maximum Gasteiger partial charge on any atom is 0.316 e. The molecule has 0 radical (unpaired) electrons. The number of anilines is 2. The van der Waals surface area contributed by atoms with Crippen molar-refractivity contribution in [3.63, 3.8) is 0 Å². The molecule has 184 valence electrons. The number of nitrogens with zero attached hydrogens (tertiary/aromatic N) is 3. The number of thioether (sulfide) groups is 1. The second-order valence-corrected chi connectivity index (χ2v) is 11.1. The third kappa shape index (κ3) is 5.49. The molecule has 0 spiro atoms. The molecule has 0 saturated carbocycles. The fourth-order valence-corrected chi connectivity index (χ4v) is 6.19. The van der Waals surface area contributed by atoms with Crippen LogP contribution in [0.15, 0.2) is 57.8 Å². The van der Waals surface area contributed by atoms with Gasteiger partial charge in [0.15, 0.2) is 10.4 Å². The molecule has 1 aromatic heterocycles. The van der Waals surface area contributed by atoms with Gasteiger partial charge in [0.1, 0.15) is 11.5 Å². The second-order valence-electron chi connectivity index (χ2n) is 7.01. The molecule has 11 nitrogen and oxygen atoms in total. The van der Waals surface area contributed by atoms with Crippen molar-refractivity contribution >= 4 is 55.8 Å². The summed E-state index contributed by atoms with van der Waals surface area (Å²) in [6.45, 7) is -0.250. The van der Waals surface area contributed by atoms with Gasteiger partial charge in [-0.1, -0.05) is 35.2 Å². The summed E-state index contributed by atoms with van der Waals surface area (Å²) in [7, 11) is -1.23. The molecule has 0 aliphatic carbocycles. The number of esters is 1. The van der Waals surface area contributed by atoms with Crippen molar-refractivity contribution < 1.29 is 32.2 Å². The van der Waals surface area contributed by atoms with Gasteiger partial charge in [-0.15, -0.1) is 10.2 Å². The van der Waals surface area contributed by atoms with Crippen LogP contribution in [0.2, 0.25) is 0 Å². The lowest BCUT2D eigenvalue weighted by Crippen LogP contribution is -2.48. The zero-order valence-corrected chi connectivity index (χ0v) is 21.0. The Labute approximate surface area is 209 Å². The first-order valence-electron chi connectivity index (χ1n) is 10.1. The highest BCUT2D eigenvalue weighted by Crippen LogP contribution is 2.37. The Balaban J connectivity index is 1.54. The number of carbonyl (C=O) groups excluding carboxylic acids is 2. The summed E-state index contributed by atoms with van der Waals surface area (Å²) in [5.74, 6) is -0.176. The predicted octanol–water partition coefficient (Wildman–Crippen LogP) is 2.41. The standard InChI is InChI=1S/C21H20N4O7S3/c1-30-13-7-9-14(10-8-13)35(28,29)25-11-17(32-16-6-4-3-5-15(16)25)19(27)22-20-23-24-21(34-20)33-12-18(26)31-2/h3-10,17H,11-12H2,1-2H3,(H,22,23,27). The van der Waals surface area contributed by atoms with E-state index in [1.165, 1.54) is 26.4 Å². The molecule has 0 fully saturated rings. The van der Waals surface area contributed by atoms with Gasteiger partial charge < -0.3 is 14.2 Å². The zero-order valence-electron chi connectivity index (χ0n) is 18.5. The van der Waals surface area contributed by atoms with Crippen LogP contribution in [-0.4, -0.2) is 63.1 Å². The molecule has 1 N–H and O–H groups in total. The smallest absolute Gasteiger partial charge is 0.316 e. The molecular formula is C21H20N4O7S3. The van der Waals surface area contributed by atoms with Crippen molar-refractivity contribution in [2.24, 2.45) is 0 Å². The van der Waals surface area contributed by atoms with Crippen LogP contribution in [0.5, 0.6) is 11.5 Å². The van der Waals surface area contributed by atoms with Gasteiger partial charge in [0.2, 0.25) is 5.13 Å². The van der Waals surface area contributed by atoms with E-state index in [2.05, 4.69) is 20.3 Å². The zero-order chi connectivity index (χ0) is 25.0. The van der Waals surface area contributed by atoms with E-state index in [0.717, 1.165) is 27.4 Å². The van der Waals surface area contributed by atoms with Crippen LogP contribution in [0.1, 0.15) is 0 Å². The number of hydrogen-bond acceptors (Lipinski definition) is 11. The number of sulfonamides is 1. The molecule has 1 atom stereocenters. The first-order valence-corrected chi connectivity index (χ1v) is 13.3. The minimum Gasteiger partial charge on any atom is -0.497 e. The Bertz CT molecular complexity index is 1330. The topological polar surface area (TPSA) is 137 Å². The molecule has 3 aromatic rings. The normalized spacial score (nSPS) is 15.0. The molecule has 2 aromatic carbocycles. The summed E-state index contributed by atoms with van der Waals surface area (Å²) in [4.78, 5) is 24.3. The summed E-state index contributed by atoms with van der Waals surface area (Å²) < 4.78 is 44.1. The number of para-hydroxylation sites is 2. The predicted molar refractivity (Wildman–Crippen MR) is 130 cm³/mol. The monoisotopic (exact) mass is 536 g/mol. The van der Waals surface area contributed by atoms with Crippen LogP contribution in [0.25, 0.3) is 0 Å². The third-order valence-corrected chi connectivity index (χ3v) is 8.59. The lowest BCUT2D eigenvalue weighted by atomic mass is 10.2. The summed E-state index contributed by atoms with van der Waals surface area (Å²) in [6, 6.07) is 12.6. The molecule has 35 heavy (non-hydrogen) atoms. The maximum absolute atomic E-state index is 13.5. The van der Waals surface area contributed by atoms with Gasteiger partial charge in [-0.05, 0) is 36.4 Å². The van der Waals surface area contributed by atoms with E-state index >= 15 is 0 Å². The van der Waals surface area contributed by atoms with Gasteiger partial charge in [-0.2, -0.15) is 0 Å². The van der Waals surface area contributed by atoms with Crippen LogP contribution in [-0.2, 0) is 24.3 Å². The summed E-state index contributed by atoms with van der Waals surface area (Å²) in [6.07, 6.45) is -1.15. The van der Waals surface area contributed by atoms with Crippen LogP contribution in [0.4, 0.5) is 10.8 Å². The SMILES string of the molecule is COC(=O)CSc1nnc(NC(=O)C2CN(S(=O)(=O)c3ccc(OC)cc3)c3ccccc3O2)s1. The fourth-order valence-electron chi connectivity index (χ4n) is 3.13. The number of benzene rings is 2. The summed E-state index contributed by atoms with van der Waals surface area (Å²) >= 11 is 2.19. The van der Waals surface area contributed by atoms with E-state index in [-0.39, 0.29) is 28.1 Å². The molecular weight excluding hydrogens is 516 g/mol. The van der Waals surface area contributed by atoms with Crippen LogP contribution in [0, 0.1) is 0 Å². The van der Waals surface area contributed by atoms with Crippen molar-refractivity contribution in [1.29, 1.82) is 0 Å². The van der Waals surface area contributed by atoms with Gasteiger partial charge in [0, 0.05) is 0 Å². The van der Waals surface area contributed by atoms with Crippen LogP contribution in [0.3, 0.4) is 0 Å². The lowest BCUT2D eigenvalue weighted by Gasteiger charge is -2.34. The highest BCUT2D eigenvalue weighted by atomic mass is 32.2. The summed E-state index contributed by atoms with van der Waals surface area (Å²) in [5, 5.41) is 10.6. The number of carbonyl (C=O) groups is 2.